The van der Waals surface area contributed by atoms with Crippen LogP contribution in [0.3, 0.4) is 0 Å². The van der Waals surface area contributed by atoms with Crippen molar-refractivity contribution >= 4 is 39.0 Å². The quantitative estimate of drug-likeness (QED) is 0.196. The van der Waals surface area contributed by atoms with E-state index in [0.717, 1.165) is 19.3 Å². The molecule has 0 saturated heterocycles. The van der Waals surface area contributed by atoms with E-state index in [9.17, 15) is 8.42 Å². The standard InChI is InChI=1S/C11H23O2S.3C6H5.Sn/c1-3-4-5-6-7-8-9-10-11-14(2,12)13;3*1-2-4-6-5-3-1;/h2-11H2,1H3;3*1-5H;. The van der Waals surface area contributed by atoms with Crippen molar-refractivity contribution in [2.45, 2.75) is 58.3 Å². The molecule has 0 amide bonds. The molecule has 3 aromatic rings. The number of hydrogen-bond donors (Lipinski definition) is 0. The minimum absolute atomic E-state index is 0.288. The van der Waals surface area contributed by atoms with Crippen LogP contribution in [0.15, 0.2) is 91.0 Å². The van der Waals surface area contributed by atoms with Crippen molar-refractivity contribution in [2.75, 3.05) is 9.52 Å². The Bertz CT molecular complexity index is 938. The topological polar surface area (TPSA) is 34.1 Å². The minimum atomic E-state index is -3.76. The van der Waals surface area contributed by atoms with Crippen molar-refractivity contribution < 1.29 is 8.42 Å². The predicted molar refractivity (Wildman–Crippen MR) is 145 cm³/mol. The van der Waals surface area contributed by atoms with Crippen LogP contribution in [0.1, 0.15) is 58.3 Å². The Morgan fingerprint density at radius 3 is 1.30 bits per heavy atom. The van der Waals surface area contributed by atoms with Gasteiger partial charge in [0, 0.05) is 0 Å². The molecule has 0 fully saturated rings. The van der Waals surface area contributed by atoms with E-state index < -0.39 is 28.2 Å². The third-order valence-electron chi connectivity index (χ3n) is 6.55. The van der Waals surface area contributed by atoms with Gasteiger partial charge >= 0.3 is 206 Å². The molecular weight excluding hydrogens is 531 g/mol. The van der Waals surface area contributed by atoms with Gasteiger partial charge in [-0.15, -0.1) is 0 Å². The average molecular weight is 569 g/mol. The fraction of sp³-hybridized carbons (Fsp3) is 0.379. The van der Waals surface area contributed by atoms with Crippen LogP contribution in [-0.4, -0.2) is 36.3 Å². The van der Waals surface area contributed by atoms with E-state index in [4.69, 9.17) is 0 Å². The molecular formula is C29H38O2SSn. The summed E-state index contributed by atoms with van der Waals surface area (Å²) in [4.78, 5) is 0. The first-order chi connectivity index (χ1) is 16.1. The fourth-order valence-electron chi connectivity index (χ4n) is 4.78. The van der Waals surface area contributed by atoms with Gasteiger partial charge < -0.3 is 0 Å². The van der Waals surface area contributed by atoms with Crippen LogP contribution in [0.4, 0.5) is 0 Å². The number of rotatable bonds is 14. The molecule has 4 heteroatoms. The van der Waals surface area contributed by atoms with E-state index in [1.54, 1.807) is 0 Å². The molecule has 0 heterocycles. The van der Waals surface area contributed by atoms with Gasteiger partial charge in [-0.25, -0.2) is 0 Å². The van der Waals surface area contributed by atoms with Crippen LogP contribution in [0.2, 0.25) is 0 Å². The van der Waals surface area contributed by atoms with E-state index in [0.29, 0.717) is 5.75 Å². The van der Waals surface area contributed by atoms with Crippen LogP contribution in [-0.2, 0) is 9.84 Å². The summed E-state index contributed by atoms with van der Waals surface area (Å²) in [5, 5.41) is 0. The van der Waals surface area contributed by atoms with Crippen molar-refractivity contribution in [1.29, 1.82) is 0 Å². The van der Waals surface area contributed by atoms with Gasteiger partial charge in [-0.3, -0.25) is 0 Å². The summed E-state index contributed by atoms with van der Waals surface area (Å²) < 4.78 is 31.2. The van der Waals surface area contributed by atoms with Gasteiger partial charge in [-0.1, -0.05) is 0 Å². The number of sulfone groups is 1. The molecule has 0 aromatic heterocycles. The Hall–Kier alpha value is -1.59. The second kappa shape index (κ2) is 13.3. The first-order valence-electron chi connectivity index (χ1n) is 12.5. The summed E-state index contributed by atoms with van der Waals surface area (Å²) in [6.45, 7) is 2.23. The molecule has 0 spiro atoms. The average Bonchev–Trinajstić information content (AvgIpc) is 2.86. The molecule has 0 bridgehead atoms. The molecule has 0 atom stereocenters. The van der Waals surface area contributed by atoms with Crippen molar-refractivity contribution in [3.63, 3.8) is 0 Å². The Kier molecular flexibility index (Phi) is 10.5. The van der Waals surface area contributed by atoms with Crippen molar-refractivity contribution in [1.82, 2.24) is 0 Å². The molecule has 0 aliphatic rings. The monoisotopic (exact) mass is 570 g/mol. The zero-order valence-electron chi connectivity index (χ0n) is 20.0. The first kappa shape index (κ1) is 26.0. The summed E-state index contributed by atoms with van der Waals surface area (Å²) >= 11 is -3.76. The van der Waals surface area contributed by atoms with E-state index in [2.05, 4.69) is 79.7 Å². The molecule has 0 unspecified atom stereocenters. The molecule has 0 radical (unpaired) electrons. The molecule has 2 nitrogen and oxygen atoms in total. The third-order valence-corrected chi connectivity index (χ3v) is 27.1. The van der Waals surface area contributed by atoms with Gasteiger partial charge in [0.25, 0.3) is 0 Å². The van der Waals surface area contributed by atoms with Gasteiger partial charge in [0.15, 0.2) is 0 Å². The maximum absolute atomic E-state index is 13.6. The molecule has 0 saturated carbocycles. The third kappa shape index (κ3) is 7.45. The van der Waals surface area contributed by atoms with Crippen molar-refractivity contribution in [2.24, 2.45) is 0 Å². The summed E-state index contributed by atoms with van der Waals surface area (Å²) in [5.74, 6) is 0.299. The van der Waals surface area contributed by atoms with Crippen LogP contribution in [0, 0.1) is 0 Å². The van der Waals surface area contributed by atoms with Crippen LogP contribution in [0.25, 0.3) is 0 Å². The van der Waals surface area contributed by atoms with Gasteiger partial charge in [0.2, 0.25) is 0 Å². The zero-order valence-corrected chi connectivity index (χ0v) is 23.6. The number of hydrogen-bond acceptors (Lipinski definition) is 2. The normalized spacial score (nSPS) is 12.0. The summed E-state index contributed by atoms with van der Waals surface area (Å²) in [5.41, 5.74) is 0. The van der Waals surface area contributed by atoms with E-state index in [-0.39, 0.29) is 3.77 Å². The second-order valence-corrected chi connectivity index (χ2v) is 23.8. The first-order valence-corrected chi connectivity index (χ1v) is 20.6. The molecule has 176 valence electrons. The van der Waals surface area contributed by atoms with Crippen LogP contribution in [0.5, 0.6) is 0 Å². The molecule has 3 aromatic carbocycles. The summed E-state index contributed by atoms with van der Waals surface area (Å²) in [7, 11) is -3.19. The second-order valence-electron chi connectivity index (χ2n) is 9.07. The SMILES string of the molecule is CCCCCCCCCCS(=O)(=O)[CH2][Sn]([c]1ccccc1)([c]1ccccc1)[c]1ccccc1. The van der Waals surface area contributed by atoms with Crippen LogP contribution >= 0.6 is 0 Å². The zero-order chi connectivity index (χ0) is 23.4. The Morgan fingerprint density at radius 1 is 0.545 bits per heavy atom. The van der Waals surface area contributed by atoms with Crippen molar-refractivity contribution in [3.05, 3.63) is 91.0 Å². The van der Waals surface area contributed by atoms with Crippen molar-refractivity contribution in [3.8, 4) is 0 Å². The molecule has 0 aliphatic carbocycles. The predicted octanol–water partition coefficient (Wildman–Crippen LogP) is 5.25. The van der Waals surface area contributed by atoms with Gasteiger partial charge in [-0.05, 0) is 0 Å². The molecule has 0 N–H and O–H groups in total. The fourth-order valence-corrected chi connectivity index (χ4v) is 27.3. The maximum atomic E-state index is 13.6. The molecule has 3 rings (SSSR count). The number of unbranched alkanes of at least 4 members (excludes halogenated alkanes) is 7. The van der Waals surface area contributed by atoms with E-state index in [1.807, 2.05) is 18.2 Å². The van der Waals surface area contributed by atoms with Gasteiger partial charge in [0.1, 0.15) is 0 Å². The molecule has 33 heavy (non-hydrogen) atoms. The molecule has 0 aliphatic heterocycles. The summed E-state index contributed by atoms with van der Waals surface area (Å²) in [6, 6.07) is 31.3. The Balaban J connectivity index is 1.85. The Labute approximate surface area is 205 Å². The van der Waals surface area contributed by atoms with Gasteiger partial charge in [-0.2, -0.15) is 0 Å². The Morgan fingerprint density at radius 2 is 0.909 bits per heavy atom. The van der Waals surface area contributed by atoms with Gasteiger partial charge in [0.05, 0.1) is 0 Å². The van der Waals surface area contributed by atoms with E-state index >= 15 is 0 Å². The van der Waals surface area contributed by atoms with E-state index in [1.165, 1.54) is 42.8 Å². The van der Waals surface area contributed by atoms with Crippen LogP contribution < -0.4 is 10.7 Å². The number of benzene rings is 3. The summed E-state index contributed by atoms with van der Waals surface area (Å²) in [6.07, 6.45) is 9.29.